The van der Waals surface area contributed by atoms with Crippen molar-refractivity contribution in [1.82, 2.24) is 5.32 Å². The number of aryl methyl sites for hydroxylation is 2. The topological polar surface area (TPSA) is 87.3 Å². The van der Waals surface area contributed by atoms with Gasteiger partial charge in [-0.3, -0.25) is 14.4 Å². The van der Waals surface area contributed by atoms with E-state index in [1.165, 1.54) is 0 Å². The third-order valence-corrected chi connectivity index (χ3v) is 4.50. The molecule has 3 rings (SSSR count). The minimum Gasteiger partial charge on any atom is -0.340 e. The molecule has 6 heteroatoms. The van der Waals surface area contributed by atoms with Gasteiger partial charge >= 0.3 is 0 Å². The molecule has 1 aliphatic heterocycles. The van der Waals surface area contributed by atoms with Crippen LogP contribution in [0, 0.1) is 13.8 Å². The number of hydrogen-bond acceptors (Lipinski definition) is 3. The maximum absolute atomic E-state index is 12.3. The Bertz CT molecular complexity index is 876. The SMILES string of the molecule is Cc1ccc(NC(=O)CC[C@@H]2NC(=O)c3ccccc3NC2=O)cc1C. The van der Waals surface area contributed by atoms with E-state index in [2.05, 4.69) is 16.0 Å². The predicted molar refractivity (Wildman–Crippen MR) is 100 cm³/mol. The number of nitrogens with one attached hydrogen (secondary N) is 3. The molecule has 0 saturated carbocycles. The Hall–Kier alpha value is -3.15. The number of fused-ring (bicyclic) bond motifs is 1. The summed E-state index contributed by atoms with van der Waals surface area (Å²) in [5, 5.41) is 8.25. The van der Waals surface area contributed by atoms with Crippen LogP contribution in [-0.2, 0) is 9.59 Å². The van der Waals surface area contributed by atoms with Crippen molar-refractivity contribution < 1.29 is 14.4 Å². The second kappa shape index (κ2) is 7.39. The summed E-state index contributed by atoms with van der Waals surface area (Å²) in [6, 6.07) is 11.8. The lowest BCUT2D eigenvalue weighted by atomic mass is 10.1. The summed E-state index contributed by atoms with van der Waals surface area (Å²) in [7, 11) is 0. The highest BCUT2D eigenvalue weighted by molar-refractivity contribution is 6.09. The smallest absolute Gasteiger partial charge is 0.254 e. The number of hydrogen-bond donors (Lipinski definition) is 3. The maximum atomic E-state index is 12.3. The van der Waals surface area contributed by atoms with Crippen molar-refractivity contribution in [2.24, 2.45) is 0 Å². The zero-order valence-electron chi connectivity index (χ0n) is 14.8. The third-order valence-electron chi connectivity index (χ3n) is 4.50. The fourth-order valence-electron chi connectivity index (χ4n) is 2.83. The van der Waals surface area contributed by atoms with Crippen LogP contribution in [0.5, 0.6) is 0 Å². The number of para-hydroxylation sites is 1. The van der Waals surface area contributed by atoms with Gasteiger partial charge in [0, 0.05) is 12.1 Å². The first kappa shape index (κ1) is 17.7. The molecular formula is C20H21N3O3. The molecule has 0 bridgehead atoms. The first-order chi connectivity index (χ1) is 12.4. The number of rotatable bonds is 4. The van der Waals surface area contributed by atoms with Gasteiger partial charge in [-0.15, -0.1) is 0 Å². The Labute approximate surface area is 152 Å². The molecule has 134 valence electrons. The van der Waals surface area contributed by atoms with E-state index in [0.29, 0.717) is 11.3 Å². The Morgan fingerprint density at radius 1 is 1.08 bits per heavy atom. The molecular weight excluding hydrogens is 330 g/mol. The molecule has 1 atom stereocenters. The van der Waals surface area contributed by atoms with Gasteiger partial charge in [-0.1, -0.05) is 18.2 Å². The second-order valence-corrected chi connectivity index (χ2v) is 6.45. The normalized spacial score (nSPS) is 16.2. The zero-order valence-corrected chi connectivity index (χ0v) is 14.8. The molecule has 3 N–H and O–H groups in total. The average Bonchev–Trinajstić information content (AvgIpc) is 2.73. The van der Waals surface area contributed by atoms with Crippen LogP contribution >= 0.6 is 0 Å². The number of benzene rings is 2. The molecule has 0 radical (unpaired) electrons. The van der Waals surface area contributed by atoms with Crippen LogP contribution in [-0.4, -0.2) is 23.8 Å². The van der Waals surface area contributed by atoms with Crippen molar-refractivity contribution in [3.05, 3.63) is 59.2 Å². The van der Waals surface area contributed by atoms with Crippen LogP contribution in [0.15, 0.2) is 42.5 Å². The van der Waals surface area contributed by atoms with E-state index in [4.69, 9.17) is 0 Å². The van der Waals surface area contributed by atoms with E-state index in [9.17, 15) is 14.4 Å². The molecule has 6 nitrogen and oxygen atoms in total. The molecule has 0 spiro atoms. The fourth-order valence-corrected chi connectivity index (χ4v) is 2.83. The van der Waals surface area contributed by atoms with E-state index in [-0.39, 0.29) is 30.6 Å². The summed E-state index contributed by atoms with van der Waals surface area (Å²) >= 11 is 0. The number of anilines is 2. The number of carbonyl (C=O) groups is 3. The summed E-state index contributed by atoms with van der Waals surface area (Å²) in [6.45, 7) is 3.99. The van der Waals surface area contributed by atoms with Gasteiger partial charge in [0.2, 0.25) is 11.8 Å². The lowest BCUT2D eigenvalue weighted by Crippen LogP contribution is -2.41. The summed E-state index contributed by atoms with van der Waals surface area (Å²) < 4.78 is 0. The molecule has 1 heterocycles. The zero-order chi connectivity index (χ0) is 18.7. The maximum Gasteiger partial charge on any atom is 0.254 e. The molecule has 2 aromatic carbocycles. The molecule has 0 fully saturated rings. The van der Waals surface area contributed by atoms with Crippen LogP contribution in [0.4, 0.5) is 11.4 Å². The molecule has 3 amide bonds. The van der Waals surface area contributed by atoms with Crippen molar-refractivity contribution >= 4 is 29.1 Å². The van der Waals surface area contributed by atoms with E-state index < -0.39 is 6.04 Å². The molecule has 2 aromatic rings. The largest absolute Gasteiger partial charge is 0.340 e. The van der Waals surface area contributed by atoms with Crippen LogP contribution in [0.25, 0.3) is 0 Å². The summed E-state index contributed by atoms with van der Waals surface area (Å²) in [4.78, 5) is 36.8. The van der Waals surface area contributed by atoms with Crippen molar-refractivity contribution in [3.8, 4) is 0 Å². The van der Waals surface area contributed by atoms with E-state index in [1.807, 2.05) is 32.0 Å². The minimum absolute atomic E-state index is 0.127. The van der Waals surface area contributed by atoms with Crippen LogP contribution in [0.2, 0.25) is 0 Å². The molecule has 1 aliphatic rings. The van der Waals surface area contributed by atoms with E-state index in [1.54, 1.807) is 24.3 Å². The summed E-state index contributed by atoms with van der Waals surface area (Å²) in [5.74, 6) is -0.835. The van der Waals surface area contributed by atoms with Gasteiger partial charge in [0.1, 0.15) is 6.04 Å². The van der Waals surface area contributed by atoms with Gasteiger partial charge in [0.15, 0.2) is 0 Å². The third kappa shape index (κ3) is 3.91. The molecule has 0 aromatic heterocycles. The molecule has 26 heavy (non-hydrogen) atoms. The van der Waals surface area contributed by atoms with Crippen LogP contribution in [0.1, 0.15) is 34.3 Å². The van der Waals surface area contributed by atoms with Crippen molar-refractivity contribution in [1.29, 1.82) is 0 Å². The van der Waals surface area contributed by atoms with Gasteiger partial charge in [-0.2, -0.15) is 0 Å². The quantitative estimate of drug-likeness (QED) is 0.791. The summed E-state index contributed by atoms with van der Waals surface area (Å²) in [6.07, 6.45) is 0.351. The van der Waals surface area contributed by atoms with Gasteiger partial charge in [-0.05, 0) is 55.7 Å². The van der Waals surface area contributed by atoms with Crippen molar-refractivity contribution in [2.45, 2.75) is 32.7 Å². The lowest BCUT2D eigenvalue weighted by Gasteiger charge is -2.14. The average molecular weight is 351 g/mol. The van der Waals surface area contributed by atoms with Gasteiger partial charge in [0.25, 0.3) is 5.91 Å². The van der Waals surface area contributed by atoms with Crippen LogP contribution in [0.3, 0.4) is 0 Å². The van der Waals surface area contributed by atoms with Crippen LogP contribution < -0.4 is 16.0 Å². The summed E-state index contributed by atoms with van der Waals surface area (Å²) in [5.41, 5.74) is 3.87. The molecule has 0 saturated heterocycles. The Balaban J connectivity index is 1.60. The standard InChI is InChI=1S/C20H21N3O3/c1-12-7-8-14(11-13(12)2)21-18(24)10-9-17-20(26)22-16-6-4-3-5-15(16)19(25)23-17/h3-8,11,17H,9-10H2,1-2H3,(H,21,24)(H,22,26)(H,23,25)/t17-/m0/s1. The monoisotopic (exact) mass is 351 g/mol. The number of amides is 3. The molecule has 0 aliphatic carbocycles. The predicted octanol–water partition coefficient (Wildman–Crippen LogP) is 2.77. The van der Waals surface area contributed by atoms with Gasteiger partial charge in [-0.25, -0.2) is 0 Å². The van der Waals surface area contributed by atoms with Gasteiger partial charge < -0.3 is 16.0 Å². The lowest BCUT2D eigenvalue weighted by molar-refractivity contribution is -0.118. The first-order valence-corrected chi connectivity index (χ1v) is 8.52. The Morgan fingerprint density at radius 2 is 1.85 bits per heavy atom. The second-order valence-electron chi connectivity index (χ2n) is 6.45. The highest BCUT2D eigenvalue weighted by Gasteiger charge is 2.27. The first-order valence-electron chi connectivity index (χ1n) is 8.52. The number of carbonyl (C=O) groups excluding carboxylic acids is 3. The van der Waals surface area contributed by atoms with Gasteiger partial charge in [0.05, 0.1) is 11.3 Å². The van der Waals surface area contributed by atoms with E-state index >= 15 is 0 Å². The minimum atomic E-state index is -0.750. The van der Waals surface area contributed by atoms with Crippen molar-refractivity contribution in [3.63, 3.8) is 0 Å². The van der Waals surface area contributed by atoms with Crippen molar-refractivity contribution in [2.75, 3.05) is 10.6 Å². The Morgan fingerprint density at radius 3 is 2.62 bits per heavy atom. The fraction of sp³-hybridized carbons (Fsp3) is 0.250. The highest BCUT2D eigenvalue weighted by atomic mass is 16.2. The Kier molecular flexibility index (Phi) is 5.02. The highest BCUT2D eigenvalue weighted by Crippen LogP contribution is 2.19. The van der Waals surface area contributed by atoms with E-state index in [0.717, 1.165) is 16.8 Å². The molecule has 0 unspecified atom stereocenters.